The van der Waals surface area contributed by atoms with Gasteiger partial charge >= 0.3 is 6.36 Å². The number of ether oxygens (including phenoxy) is 1. The van der Waals surface area contributed by atoms with Crippen LogP contribution in [0.4, 0.5) is 18.9 Å². The maximum Gasteiger partial charge on any atom is 0.573 e. The second kappa shape index (κ2) is 5.01. The Hall–Kier alpha value is -1.14. The molecule has 0 bridgehead atoms. The molecule has 1 amide bonds. The number of hydrogen-bond donors (Lipinski definition) is 1. The molecule has 1 N–H and O–H groups in total. The van der Waals surface area contributed by atoms with Crippen molar-refractivity contribution < 1.29 is 22.7 Å². The lowest BCUT2D eigenvalue weighted by Crippen LogP contribution is -2.17. The highest BCUT2D eigenvalue weighted by molar-refractivity contribution is 6.40. The van der Waals surface area contributed by atoms with Crippen LogP contribution in [0.3, 0.4) is 0 Å². The molecule has 0 radical (unpaired) electrons. The van der Waals surface area contributed by atoms with E-state index >= 15 is 0 Å². The molecule has 0 saturated heterocycles. The lowest BCUT2D eigenvalue weighted by atomic mass is 10.3. The molecule has 1 aromatic carbocycles. The van der Waals surface area contributed by atoms with Crippen LogP contribution in [-0.4, -0.2) is 12.3 Å². The van der Waals surface area contributed by atoms with Gasteiger partial charge in [0, 0.05) is 19.1 Å². The van der Waals surface area contributed by atoms with Crippen molar-refractivity contribution in [1.29, 1.82) is 0 Å². The quantitative estimate of drug-likeness (QED) is 0.897. The summed E-state index contributed by atoms with van der Waals surface area (Å²) in [5.74, 6) is -1.00. The summed E-state index contributed by atoms with van der Waals surface area (Å²) in [6.45, 7) is 1.22. The van der Waals surface area contributed by atoms with Crippen molar-refractivity contribution in [2.45, 2.75) is 13.3 Å². The molecule has 0 aliphatic rings. The minimum absolute atomic E-state index is 0.0374. The Kier molecular flexibility index (Phi) is 4.11. The number of carbonyl (C=O) groups is 1. The number of benzene rings is 1. The number of alkyl halides is 3. The van der Waals surface area contributed by atoms with Crippen molar-refractivity contribution >= 4 is 34.8 Å². The highest BCUT2D eigenvalue weighted by Gasteiger charge is 2.31. The van der Waals surface area contributed by atoms with Gasteiger partial charge in [0.25, 0.3) is 0 Å². The van der Waals surface area contributed by atoms with E-state index in [1.807, 2.05) is 0 Å². The van der Waals surface area contributed by atoms with Crippen LogP contribution in [0.5, 0.6) is 5.75 Å². The van der Waals surface area contributed by atoms with Gasteiger partial charge in [-0.05, 0) is 0 Å². The van der Waals surface area contributed by atoms with E-state index in [0.29, 0.717) is 0 Å². The van der Waals surface area contributed by atoms with Crippen LogP contribution in [0.15, 0.2) is 12.1 Å². The fourth-order valence-electron chi connectivity index (χ4n) is 1.04. The summed E-state index contributed by atoms with van der Waals surface area (Å²) in [5, 5.41) is 2.00. The predicted octanol–water partition coefficient (Wildman–Crippen LogP) is 3.85. The monoisotopic (exact) mass is 287 g/mol. The first kappa shape index (κ1) is 13.9. The van der Waals surface area contributed by atoms with E-state index in [0.717, 1.165) is 12.1 Å². The third-order valence-corrected chi connectivity index (χ3v) is 2.15. The first-order chi connectivity index (χ1) is 7.69. The molecule has 0 heterocycles. The second-order valence-electron chi connectivity index (χ2n) is 2.99. The Morgan fingerprint density at radius 2 is 1.76 bits per heavy atom. The highest BCUT2D eigenvalue weighted by atomic mass is 35.5. The average Bonchev–Trinajstić information content (AvgIpc) is 2.08. The van der Waals surface area contributed by atoms with Gasteiger partial charge in [-0.1, -0.05) is 23.2 Å². The smallest absolute Gasteiger partial charge is 0.406 e. The fraction of sp³-hybridized carbons (Fsp3) is 0.222. The first-order valence-electron chi connectivity index (χ1n) is 4.21. The number of amides is 1. The molecule has 1 rings (SSSR count). The van der Waals surface area contributed by atoms with Gasteiger partial charge in [-0.15, -0.1) is 13.2 Å². The van der Waals surface area contributed by atoms with E-state index in [9.17, 15) is 18.0 Å². The summed E-state index contributed by atoms with van der Waals surface area (Å²) in [6.07, 6.45) is -4.83. The third-order valence-electron chi connectivity index (χ3n) is 1.55. The Bertz CT molecular complexity index is 425. The van der Waals surface area contributed by atoms with Crippen LogP contribution in [0, 0.1) is 0 Å². The zero-order valence-corrected chi connectivity index (χ0v) is 9.87. The van der Waals surface area contributed by atoms with Gasteiger partial charge in [-0.25, -0.2) is 0 Å². The van der Waals surface area contributed by atoms with Gasteiger partial charge in [0.1, 0.15) is 5.75 Å². The maximum atomic E-state index is 11.9. The summed E-state index contributed by atoms with van der Waals surface area (Å²) >= 11 is 11.3. The molecule has 3 nitrogen and oxygen atoms in total. The molecule has 0 fully saturated rings. The zero-order chi connectivity index (χ0) is 13.2. The van der Waals surface area contributed by atoms with Crippen LogP contribution >= 0.6 is 23.2 Å². The van der Waals surface area contributed by atoms with Crippen molar-refractivity contribution in [1.82, 2.24) is 0 Å². The maximum absolute atomic E-state index is 11.9. The van der Waals surface area contributed by atoms with Crippen LogP contribution in [-0.2, 0) is 4.79 Å². The molecule has 0 aliphatic carbocycles. The number of hydrogen-bond acceptors (Lipinski definition) is 2. The second-order valence-corrected chi connectivity index (χ2v) is 3.81. The van der Waals surface area contributed by atoms with Gasteiger partial charge < -0.3 is 10.1 Å². The van der Waals surface area contributed by atoms with E-state index in [1.54, 1.807) is 0 Å². The molecule has 0 saturated carbocycles. The molecule has 8 heteroatoms. The predicted molar refractivity (Wildman–Crippen MR) is 57.4 cm³/mol. The van der Waals surface area contributed by atoms with Crippen molar-refractivity contribution in [2.24, 2.45) is 0 Å². The van der Waals surface area contributed by atoms with E-state index in [4.69, 9.17) is 23.2 Å². The number of rotatable bonds is 2. The summed E-state index contributed by atoms with van der Waals surface area (Å²) < 4.78 is 39.5. The Morgan fingerprint density at radius 3 is 2.12 bits per heavy atom. The average molecular weight is 288 g/mol. The number of nitrogens with one attached hydrogen (secondary N) is 1. The van der Waals surface area contributed by atoms with Crippen LogP contribution in [0.25, 0.3) is 0 Å². The summed E-state index contributed by atoms with van der Waals surface area (Å²) in [6, 6.07) is 1.82. The van der Waals surface area contributed by atoms with Gasteiger partial charge in [0.2, 0.25) is 5.91 Å². The molecular weight excluding hydrogens is 282 g/mol. The molecule has 0 spiro atoms. The minimum atomic E-state index is -4.83. The summed E-state index contributed by atoms with van der Waals surface area (Å²) in [7, 11) is 0. The molecule has 0 atom stereocenters. The van der Waals surface area contributed by atoms with E-state index in [2.05, 4.69) is 10.1 Å². The fourth-order valence-corrected chi connectivity index (χ4v) is 1.60. The van der Waals surface area contributed by atoms with E-state index in [1.165, 1.54) is 6.92 Å². The van der Waals surface area contributed by atoms with Crippen LogP contribution in [0.1, 0.15) is 6.92 Å². The molecule has 0 aromatic heterocycles. The first-order valence-corrected chi connectivity index (χ1v) is 4.97. The number of anilines is 1. The minimum Gasteiger partial charge on any atom is -0.406 e. The third kappa shape index (κ3) is 4.32. The van der Waals surface area contributed by atoms with Gasteiger partial charge in [-0.3, -0.25) is 4.79 Å². The lowest BCUT2D eigenvalue weighted by molar-refractivity contribution is -0.274. The summed E-state index contributed by atoms with van der Waals surface area (Å²) in [4.78, 5) is 10.8. The normalized spacial score (nSPS) is 11.2. The molecule has 0 unspecified atom stereocenters. The van der Waals surface area contributed by atoms with Gasteiger partial charge in [-0.2, -0.15) is 0 Å². The van der Waals surface area contributed by atoms with Crippen LogP contribution in [0.2, 0.25) is 10.0 Å². The van der Waals surface area contributed by atoms with Crippen molar-refractivity contribution in [3.63, 3.8) is 0 Å². The van der Waals surface area contributed by atoms with Gasteiger partial charge in [0.15, 0.2) is 0 Å². The van der Waals surface area contributed by atoms with Crippen LogP contribution < -0.4 is 10.1 Å². The SMILES string of the molecule is CC(=O)Nc1c(Cl)cc(OC(F)(F)F)cc1Cl. The molecular formula is C9H6Cl2F3NO2. The molecule has 17 heavy (non-hydrogen) atoms. The lowest BCUT2D eigenvalue weighted by Gasteiger charge is -2.12. The Morgan fingerprint density at radius 1 is 1.29 bits per heavy atom. The van der Waals surface area contributed by atoms with Crippen molar-refractivity contribution in [3.05, 3.63) is 22.2 Å². The Labute approximate surface area is 104 Å². The summed E-state index contributed by atoms with van der Waals surface area (Å²) in [5.41, 5.74) is 0.0374. The van der Waals surface area contributed by atoms with E-state index < -0.39 is 18.0 Å². The van der Waals surface area contributed by atoms with Crippen molar-refractivity contribution in [3.8, 4) is 5.75 Å². The molecule has 1 aromatic rings. The van der Waals surface area contributed by atoms with Crippen molar-refractivity contribution in [2.75, 3.05) is 5.32 Å². The van der Waals surface area contributed by atoms with Gasteiger partial charge in [0.05, 0.1) is 15.7 Å². The number of carbonyl (C=O) groups excluding carboxylic acids is 1. The molecule has 94 valence electrons. The van der Waals surface area contributed by atoms with E-state index in [-0.39, 0.29) is 15.7 Å². The largest absolute Gasteiger partial charge is 0.573 e. The topological polar surface area (TPSA) is 38.3 Å². The molecule has 0 aliphatic heterocycles. The standard InChI is InChI=1S/C9H6Cl2F3NO2/c1-4(16)15-8-6(10)2-5(3-7(8)11)17-9(12,13)14/h2-3H,1H3,(H,15,16). The highest BCUT2D eigenvalue weighted by Crippen LogP contribution is 2.36. The zero-order valence-electron chi connectivity index (χ0n) is 8.36. The number of halogens is 5. The Balaban J connectivity index is 3.05.